The predicted octanol–water partition coefficient (Wildman–Crippen LogP) is 3.61. The number of carbonyl (C=O) groups is 1. The molecule has 0 bridgehead atoms. The van der Waals surface area contributed by atoms with Crippen molar-refractivity contribution in [2.24, 2.45) is 0 Å². The number of rotatable bonds is 4. The molecule has 1 aromatic carbocycles. The van der Waals surface area contributed by atoms with Crippen molar-refractivity contribution in [2.45, 2.75) is 6.92 Å². The van der Waals surface area contributed by atoms with Gasteiger partial charge in [0.25, 0.3) is 5.91 Å². The summed E-state index contributed by atoms with van der Waals surface area (Å²) in [4.78, 5) is 20.0. The summed E-state index contributed by atoms with van der Waals surface area (Å²) in [5.74, 6) is -0.655. The van der Waals surface area contributed by atoms with Crippen LogP contribution < -0.4 is 10.6 Å². The molecule has 1 heterocycles. The van der Waals surface area contributed by atoms with Crippen LogP contribution in [0.25, 0.3) is 0 Å². The number of carbonyl (C=O) groups excluding carboxylic acids is 1. The molecule has 0 fully saturated rings. The molecule has 2 aromatic rings. The zero-order valence-electron chi connectivity index (χ0n) is 11.0. The van der Waals surface area contributed by atoms with E-state index in [0.29, 0.717) is 12.4 Å². The minimum Gasteiger partial charge on any atom is -0.369 e. The van der Waals surface area contributed by atoms with E-state index in [1.54, 1.807) is 0 Å². The van der Waals surface area contributed by atoms with E-state index in [4.69, 9.17) is 23.2 Å². The highest BCUT2D eigenvalue weighted by Crippen LogP contribution is 2.27. The second kappa shape index (κ2) is 6.69. The summed E-state index contributed by atoms with van der Waals surface area (Å²) in [6.07, 6.45) is 2.78. The Morgan fingerprint density at radius 2 is 1.90 bits per heavy atom. The van der Waals surface area contributed by atoms with Gasteiger partial charge in [0.2, 0.25) is 0 Å². The molecule has 0 unspecified atom stereocenters. The number of amides is 1. The molecule has 0 radical (unpaired) electrons. The van der Waals surface area contributed by atoms with E-state index < -0.39 is 11.7 Å². The van der Waals surface area contributed by atoms with Crippen molar-refractivity contribution in [3.05, 3.63) is 46.1 Å². The number of anilines is 2. The van der Waals surface area contributed by atoms with E-state index in [1.165, 1.54) is 24.5 Å². The fourth-order valence-corrected chi connectivity index (χ4v) is 2.03. The maximum absolute atomic E-state index is 13.3. The normalized spacial score (nSPS) is 10.3. The Bertz CT molecular complexity index is 641. The minimum absolute atomic E-state index is 0.119. The highest BCUT2D eigenvalue weighted by Gasteiger charge is 2.12. The van der Waals surface area contributed by atoms with Gasteiger partial charge in [-0.2, -0.15) is 0 Å². The van der Waals surface area contributed by atoms with Crippen molar-refractivity contribution in [2.75, 3.05) is 17.2 Å². The first-order valence-electron chi connectivity index (χ1n) is 6.03. The van der Waals surface area contributed by atoms with E-state index >= 15 is 0 Å². The fourth-order valence-electron chi connectivity index (χ4n) is 1.54. The number of halogens is 3. The molecule has 0 atom stereocenters. The molecule has 0 aliphatic heterocycles. The van der Waals surface area contributed by atoms with Crippen molar-refractivity contribution < 1.29 is 9.18 Å². The molecule has 0 saturated carbocycles. The Labute approximate surface area is 130 Å². The van der Waals surface area contributed by atoms with Gasteiger partial charge in [-0.05, 0) is 19.1 Å². The van der Waals surface area contributed by atoms with Crippen LogP contribution in [0.2, 0.25) is 10.0 Å². The number of hydrogen-bond acceptors (Lipinski definition) is 4. The Kier molecular flexibility index (Phi) is 4.93. The summed E-state index contributed by atoms with van der Waals surface area (Å²) in [5, 5.41) is 5.13. The maximum Gasteiger partial charge on any atom is 0.275 e. The van der Waals surface area contributed by atoms with Crippen molar-refractivity contribution in [1.82, 2.24) is 9.97 Å². The van der Waals surface area contributed by atoms with Crippen LogP contribution in [0.15, 0.2) is 24.5 Å². The topological polar surface area (TPSA) is 66.9 Å². The average molecular weight is 329 g/mol. The lowest BCUT2D eigenvalue weighted by atomic mass is 10.3. The number of nitrogens with zero attached hydrogens (tertiary/aromatic N) is 2. The summed E-state index contributed by atoms with van der Waals surface area (Å²) in [7, 11) is 0. The molecule has 8 heteroatoms. The number of aromatic nitrogens is 2. The van der Waals surface area contributed by atoms with Gasteiger partial charge in [-0.15, -0.1) is 0 Å². The summed E-state index contributed by atoms with van der Waals surface area (Å²) >= 11 is 11.3. The van der Waals surface area contributed by atoms with E-state index in [-0.39, 0.29) is 21.4 Å². The van der Waals surface area contributed by atoms with Gasteiger partial charge in [-0.25, -0.2) is 14.4 Å². The molecule has 0 aliphatic rings. The summed E-state index contributed by atoms with van der Waals surface area (Å²) < 4.78 is 13.3. The highest BCUT2D eigenvalue weighted by molar-refractivity contribution is 6.35. The van der Waals surface area contributed by atoms with E-state index in [9.17, 15) is 9.18 Å². The van der Waals surface area contributed by atoms with Gasteiger partial charge in [0.05, 0.1) is 22.4 Å². The van der Waals surface area contributed by atoms with Gasteiger partial charge in [0.1, 0.15) is 11.5 Å². The van der Waals surface area contributed by atoms with E-state index in [0.717, 1.165) is 0 Å². The second-order valence-electron chi connectivity index (χ2n) is 4.03. The molecule has 5 nitrogen and oxygen atoms in total. The summed E-state index contributed by atoms with van der Waals surface area (Å²) in [6.45, 7) is 2.62. The van der Waals surface area contributed by atoms with Crippen molar-refractivity contribution in [1.29, 1.82) is 0 Å². The molecule has 2 N–H and O–H groups in total. The quantitative estimate of drug-likeness (QED) is 0.841. The van der Waals surface area contributed by atoms with Gasteiger partial charge >= 0.3 is 0 Å². The highest BCUT2D eigenvalue weighted by atomic mass is 35.5. The first kappa shape index (κ1) is 15.5. The predicted molar refractivity (Wildman–Crippen MR) is 80.6 cm³/mol. The Morgan fingerprint density at radius 1 is 1.24 bits per heavy atom. The molecule has 2 rings (SSSR count). The van der Waals surface area contributed by atoms with Crippen LogP contribution in [0.4, 0.5) is 15.9 Å². The van der Waals surface area contributed by atoms with Crippen molar-refractivity contribution in [3.8, 4) is 0 Å². The average Bonchev–Trinajstić information content (AvgIpc) is 2.45. The third kappa shape index (κ3) is 3.80. The van der Waals surface area contributed by atoms with Crippen LogP contribution in [0, 0.1) is 5.82 Å². The van der Waals surface area contributed by atoms with Crippen LogP contribution >= 0.6 is 23.2 Å². The molecule has 0 aliphatic carbocycles. The van der Waals surface area contributed by atoms with Crippen LogP contribution in [0.1, 0.15) is 17.4 Å². The zero-order valence-corrected chi connectivity index (χ0v) is 12.5. The largest absolute Gasteiger partial charge is 0.369 e. The fraction of sp³-hybridized carbons (Fsp3) is 0.154. The molecule has 1 aromatic heterocycles. The lowest BCUT2D eigenvalue weighted by molar-refractivity contribution is 0.102. The Hall–Kier alpha value is -1.92. The van der Waals surface area contributed by atoms with E-state index in [1.807, 2.05) is 6.92 Å². The maximum atomic E-state index is 13.3. The number of benzene rings is 1. The van der Waals surface area contributed by atoms with Crippen LogP contribution in [0.5, 0.6) is 0 Å². The van der Waals surface area contributed by atoms with Gasteiger partial charge in [0, 0.05) is 12.2 Å². The lowest BCUT2D eigenvalue weighted by Gasteiger charge is -2.07. The lowest BCUT2D eigenvalue weighted by Crippen LogP contribution is -2.14. The summed E-state index contributed by atoms with van der Waals surface area (Å²) in [6, 6.07) is 2.53. The SMILES string of the molecule is CCNc1cnc(C(=O)Nc2cc(Cl)c(F)c(Cl)c2)cn1. The van der Waals surface area contributed by atoms with Gasteiger partial charge in [-0.3, -0.25) is 4.79 Å². The second-order valence-corrected chi connectivity index (χ2v) is 4.84. The van der Waals surface area contributed by atoms with Crippen molar-refractivity contribution in [3.63, 3.8) is 0 Å². The zero-order chi connectivity index (χ0) is 15.4. The Balaban J connectivity index is 2.14. The van der Waals surface area contributed by atoms with Crippen LogP contribution in [0.3, 0.4) is 0 Å². The first-order chi connectivity index (χ1) is 10.0. The molecular formula is C13H11Cl2FN4O. The smallest absolute Gasteiger partial charge is 0.275 e. The molecule has 110 valence electrons. The van der Waals surface area contributed by atoms with Gasteiger partial charge < -0.3 is 10.6 Å². The van der Waals surface area contributed by atoms with Crippen LogP contribution in [-0.2, 0) is 0 Å². The number of nitrogens with one attached hydrogen (secondary N) is 2. The molecular weight excluding hydrogens is 318 g/mol. The molecule has 1 amide bonds. The molecule has 0 saturated heterocycles. The standard InChI is InChI=1S/C13H11Cl2FN4O/c1-2-17-11-6-18-10(5-19-11)13(21)20-7-3-8(14)12(16)9(15)4-7/h3-6H,2H2,1H3,(H,17,19)(H,20,21). The minimum atomic E-state index is -0.730. The Morgan fingerprint density at radius 3 is 2.43 bits per heavy atom. The van der Waals surface area contributed by atoms with E-state index in [2.05, 4.69) is 20.6 Å². The van der Waals surface area contributed by atoms with Gasteiger partial charge in [-0.1, -0.05) is 23.2 Å². The van der Waals surface area contributed by atoms with Crippen LogP contribution in [-0.4, -0.2) is 22.4 Å². The third-order valence-electron chi connectivity index (χ3n) is 2.48. The first-order valence-corrected chi connectivity index (χ1v) is 6.78. The number of hydrogen-bond donors (Lipinski definition) is 2. The monoisotopic (exact) mass is 328 g/mol. The summed E-state index contributed by atoms with van der Waals surface area (Å²) in [5.41, 5.74) is 0.391. The molecule has 21 heavy (non-hydrogen) atoms. The third-order valence-corrected chi connectivity index (χ3v) is 3.03. The van der Waals surface area contributed by atoms with Gasteiger partial charge in [0.15, 0.2) is 5.82 Å². The van der Waals surface area contributed by atoms with Crippen molar-refractivity contribution >= 4 is 40.6 Å². The molecule has 0 spiro atoms.